The van der Waals surface area contributed by atoms with E-state index in [0.29, 0.717) is 11.3 Å². The Labute approximate surface area is 112 Å². The summed E-state index contributed by atoms with van der Waals surface area (Å²) in [7, 11) is 1.57. The number of benzene rings is 1. The molecule has 0 aliphatic carbocycles. The van der Waals surface area contributed by atoms with Gasteiger partial charge in [0.2, 0.25) is 0 Å². The maximum Gasteiger partial charge on any atom is 0.136 e. The van der Waals surface area contributed by atoms with Crippen LogP contribution in [0.25, 0.3) is 0 Å². The number of nitrogens with zero attached hydrogens (tertiary/aromatic N) is 3. The van der Waals surface area contributed by atoms with Crippen molar-refractivity contribution in [3.63, 3.8) is 0 Å². The molecule has 1 aromatic heterocycles. The van der Waals surface area contributed by atoms with Crippen molar-refractivity contribution in [2.75, 3.05) is 13.7 Å². The molecule has 5 heteroatoms. The predicted molar refractivity (Wildman–Crippen MR) is 71.6 cm³/mol. The van der Waals surface area contributed by atoms with Gasteiger partial charge in [0, 0.05) is 25.5 Å². The molecule has 0 amide bonds. The SMILES string of the molecule is COc1ccc(CNCCn2cccn2)cc1C#N. The summed E-state index contributed by atoms with van der Waals surface area (Å²) in [6.45, 7) is 2.38. The third kappa shape index (κ3) is 3.57. The van der Waals surface area contributed by atoms with Gasteiger partial charge in [0.05, 0.1) is 19.2 Å². The maximum atomic E-state index is 9.01. The van der Waals surface area contributed by atoms with E-state index in [9.17, 15) is 0 Å². The number of nitriles is 1. The molecule has 5 nitrogen and oxygen atoms in total. The van der Waals surface area contributed by atoms with Gasteiger partial charge >= 0.3 is 0 Å². The Hall–Kier alpha value is -2.32. The molecule has 0 bridgehead atoms. The number of methoxy groups -OCH3 is 1. The highest BCUT2D eigenvalue weighted by atomic mass is 16.5. The summed E-state index contributed by atoms with van der Waals surface area (Å²) < 4.78 is 6.99. The molecule has 0 fully saturated rings. The molecule has 1 N–H and O–H groups in total. The fourth-order valence-corrected chi connectivity index (χ4v) is 1.81. The summed E-state index contributed by atoms with van der Waals surface area (Å²) in [6, 6.07) is 9.67. The molecule has 0 aliphatic rings. The minimum atomic E-state index is 0.564. The Morgan fingerprint density at radius 1 is 1.47 bits per heavy atom. The second kappa shape index (κ2) is 6.57. The average molecular weight is 256 g/mol. The van der Waals surface area contributed by atoms with Crippen LogP contribution in [0.15, 0.2) is 36.7 Å². The smallest absolute Gasteiger partial charge is 0.136 e. The number of hydrogen-bond donors (Lipinski definition) is 1. The van der Waals surface area contributed by atoms with Gasteiger partial charge in [-0.3, -0.25) is 4.68 Å². The molecule has 1 aromatic carbocycles. The second-order valence-electron chi connectivity index (χ2n) is 4.09. The Bertz CT molecular complexity index is 557. The van der Waals surface area contributed by atoms with E-state index in [1.807, 2.05) is 35.1 Å². The molecule has 0 saturated carbocycles. The molecule has 0 radical (unpaired) electrons. The number of rotatable bonds is 6. The Morgan fingerprint density at radius 3 is 3.05 bits per heavy atom. The zero-order valence-corrected chi connectivity index (χ0v) is 10.8. The first-order valence-corrected chi connectivity index (χ1v) is 6.08. The van der Waals surface area contributed by atoms with Crippen LogP contribution in [-0.2, 0) is 13.1 Å². The summed E-state index contributed by atoms with van der Waals surface area (Å²) in [5, 5.41) is 16.5. The van der Waals surface area contributed by atoms with E-state index in [1.165, 1.54) is 0 Å². The van der Waals surface area contributed by atoms with Crippen molar-refractivity contribution in [3.8, 4) is 11.8 Å². The maximum absolute atomic E-state index is 9.01. The summed E-state index contributed by atoms with van der Waals surface area (Å²) >= 11 is 0. The highest BCUT2D eigenvalue weighted by molar-refractivity contribution is 5.45. The van der Waals surface area contributed by atoms with Gasteiger partial charge in [-0.15, -0.1) is 0 Å². The van der Waals surface area contributed by atoms with E-state index < -0.39 is 0 Å². The van der Waals surface area contributed by atoms with Gasteiger partial charge in [-0.05, 0) is 23.8 Å². The lowest BCUT2D eigenvalue weighted by atomic mass is 10.1. The molecule has 0 spiro atoms. The van der Waals surface area contributed by atoms with Crippen LogP contribution in [0.2, 0.25) is 0 Å². The van der Waals surface area contributed by atoms with Gasteiger partial charge in [0.25, 0.3) is 0 Å². The Balaban J connectivity index is 1.84. The van der Waals surface area contributed by atoms with Crippen LogP contribution in [-0.4, -0.2) is 23.4 Å². The molecule has 2 aromatic rings. The van der Waals surface area contributed by atoms with Crippen molar-refractivity contribution in [1.29, 1.82) is 5.26 Å². The van der Waals surface area contributed by atoms with Crippen molar-refractivity contribution in [1.82, 2.24) is 15.1 Å². The van der Waals surface area contributed by atoms with Gasteiger partial charge in [-0.25, -0.2) is 0 Å². The van der Waals surface area contributed by atoms with E-state index in [1.54, 1.807) is 13.3 Å². The predicted octanol–water partition coefficient (Wildman–Crippen LogP) is 1.55. The van der Waals surface area contributed by atoms with Crippen LogP contribution in [0, 0.1) is 11.3 Å². The fourth-order valence-electron chi connectivity index (χ4n) is 1.81. The van der Waals surface area contributed by atoms with Gasteiger partial charge in [0.1, 0.15) is 11.8 Å². The van der Waals surface area contributed by atoms with Gasteiger partial charge in [-0.2, -0.15) is 10.4 Å². The lowest BCUT2D eigenvalue weighted by Crippen LogP contribution is -2.19. The zero-order valence-electron chi connectivity index (χ0n) is 10.8. The first kappa shape index (κ1) is 13.1. The zero-order chi connectivity index (χ0) is 13.5. The van der Waals surface area contributed by atoms with E-state index in [0.717, 1.165) is 25.2 Å². The highest BCUT2D eigenvalue weighted by Gasteiger charge is 2.03. The lowest BCUT2D eigenvalue weighted by Gasteiger charge is -2.07. The molecule has 0 unspecified atom stereocenters. The Kier molecular flexibility index (Phi) is 4.54. The third-order valence-corrected chi connectivity index (χ3v) is 2.79. The average Bonchev–Trinajstić information content (AvgIpc) is 2.96. The van der Waals surface area contributed by atoms with Crippen LogP contribution in [0.1, 0.15) is 11.1 Å². The van der Waals surface area contributed by atoms with Crippen molar-refractivity contribution < 1.29 is 4.74 Å². The monoisotopic (exact) mass is 256 g/mol. The highest BCUT2D eigenvalue weighted by Crippen LogP contribution is 2.18. The minimum Gasteiger partial charge on any atom is -0.495 e. The minimum absolute atomic E-state index is 0.564. The molecule has 19 heavy (non-hydrogen) atoms. The first-order chi connectivity index (χ1) is 9.33. The fraction of sp³-hybridized carbons (Fsp3) is 0.286. The molecular weight excluding hydrogens is 240 g/mol. The van der Waals surface area contributed by atoms with E-state index in [4.69, 9.17) is 10.00 Å². The van der Waals surface area contributed by atoms with Gasteiger partial charge < -0.3 is 10.1 Å². The molecule has 0 atom stereocenters. The third-order valence-electron chi connectivity index (χ3n) is 2.79. The summed E-state index contributed by atoms with van der Waals surface area (Å²) in [6.07, 6.45) is 3.70. The Morgan fingerprint density at radius 2 is 2.37 bits per heavy atom. The normalized spacial score (nSPS) is 10.1. The molecule has 98 valence electrons. The van der Waals surface area contributed by atoms with Crippen LogP contribution >= 0.6 is 0 Å². The largest absolute Gasteiger partial charge is 0.495 e. The standard InChI is InChI=1S/C14H16N4O/c1-19-14-4-3-12(9-13(14)10-15)11-16-6-8-18-7-2-5-17-18/h2-5,7,9,16H,6,8,11H2,1H3. The number of nitrogens with one attached hydrogen (secondary N) is 1. The lowest BCUT2D eigenvalue weighted by molar-refractivity contribution is 0.413. The van der Waals surface area contributed by atoms with E-state index in [-0.39, 0.29) is 0 Å². The summed E-state index contributed by atoms with van der Waals surface area (Å²) in [5.74, 6) is 0.614. The van der Waals surface area contributed by atoms with Crippen LogP contribution in [0.3, 0.4) is 0 Å². The summed E-state index contributed by atoms with van der Waals surface area (Å²) in [5.41, 5.74) is 1.63. The van der Waals surface area contributed by atoms with Gasteiger partial charge in [0.15, 0.2) is 0 Å². The van der Waals surface area contributed by atoms with Crippen LogP contribution < -0.4 is 10.1 Å². The van der Waals surface area contributed by atoms with Crippen molar-refractivity contribution in [2.45, 2.75) is 13.1 Å². The topological polar surface area (TPSA) is 62.9 Å². The molecule has 0 aliphatic heterocycles. The first-order valence-electron chi connectivity index (χ1n) is 6.08. The molecule has 1 heterocycles. The number of ether oxygens (including phenoxy) is 1. The van der Waals surface area contributed by atoms with E-state index >= 15 is 0 Å². The number of hydrogen-bond acceptors (Lipinski definition) is 4. The molecule has 2 rings (SSSR count). The van der Waals surface area contributed by atoms with Gasteiger partial charge in [-0.1, -0.05) is 6.07 Å². The summed E-state index contributed by atoms with van der Waals surface area (Å²) in [4.78, 5) is 0. The van der Waals surface area contributed by atoms with Crippen LogP contribution in [0.4, 0.5) is 0 Å². The number of aromatic nitrogens is 2. The molecule has 0 saturated heterocycles. The molecular formula is C14H16N4O. The quantitative estimate of drug-likeness (QED) is 0.797. The van der Waals surface area contributed by atoms with E-state index in [2.05, 4.69) is 16.5 Å². The second-order valence-corrected chi connectivity index (χ2v) is 4.09. The van der Waals surface area contributed by atoms with Crippen molar-refractivity contribution in [3.05, 3.63) is 47.8 Å². The van der Waals surface area contributed by atoms with Crippen molar-refractivity contribution in [2.24, 2.45) is 0 Å². The van der Waals surface area contributed by atoms with Crippen LogP contribution in [0.5, 0.6) is 5.75 Å². The van der Waals surface area contributed by atoms with Crippen molar-refractivity contribution >= 4 is 0 Å².